The van der Waals surface area contributed by atoms with Gasteiger partial charge < -0.3 is 0 Å². The van der Waals surface area contributed by atoms with Crippen molar-refractivity contribution >= 4 is 18.8 Å². The number of hydrogen-bond acceptors (Lipinski definition) is 0. The summed E-state index contributed by atoms with van der Waals surface area (Å²) in [6.07, 6.45) is -14.4. The van der Waals surface area contributed by atoms with Gasteiger partial charge in [-0.2, -0.15) is 52.7 Å². The van der Waals surface area contributed by atoms with Crippen molar-refractivity contribution in [3.8, 4) is 0 Å². The molecule has 1 heterocycles. The second-order valence-corrected chi connectivity index (χ2v) is 8.49. The molecule has 28 heavy (non-hydrogen) atoms. The lowest BCUT2D eigenvalue weighted by Gasteiger charge is -2.42. The van der Waals surface area contributed by atoms with Gasteiger partial charge in [-0.1, -0.05) is 11.7 Å². The molecule has 0 radical (unpaired) electrons. The SMILES string of the molecule is Cc1cc[si](Cl)c(C(F)(C(F)(F)F)C(F)(F)C(F)(F)C(F)(F)C(F)(F)F)c1C. The Labute approximate surface area is 154 Å². The highest BCUT2D eigenvalue weighted by Crippen LogP contribution is 2.63. The Balaban J connectivity index is 4.03. The summed E-state index contributed by atoms with van der Waals surface area (Å²) < 4.78 is 172. The number of rotatable bonds is 4. The minimum absolute atomic E-state index is 0.364. The van der Waals surface area contributed by atoms with Crippen LogP contribution in [0.5, 0.6) is 0 Å². The van der Waals surface area contributed by atoms with Gasteiger partial charge in [0.25, 0.3) is 5.67 Å². The van der Waals surface area contributed by atoms with E-state index >= 15 is 0 Å². The lowest BCUT2D eigenvalue weighted by Crippen LogP contribution is -2.70. The average molecular weight is 475 g/mol. The van der Waals surface area contributed by atoms with Crippen LogP contribution in [0.4, 0.5) is 57.1 Å². The van der Waals surface area contributed by atoms with Crippen LogP contribution in [-0.4, -0.2) is 37.8 Å². The second kappa shape index (κ2) is 6.74. The smallest absolute Gasteiger partial charge is 0.222 e. The van der Waals surface area contributed by atoms with Gasteiger partial charge in [-0.15, -0.1) is 11.1 Å². The summed E-state index contributed by atoms with van der Waals surface area (Å²) in [7, 11) is -3.66. The van der Waals surface area contributed by atoms with Crippen molar-refractivity contribution in [2.75, 3.05) is 0 Å². The van der Waals surface area contributed by atoms with Gasteiger partial charge in [0, 0.05) is 5.17 Å². The van der Waals surface area contributed by atoms with Crippen molar-refractivity contribution in [2.45, 2.75) is 49.6 Å². The minimum atomic E-state index is -7.82. The Morgan fingerprint density at radius 3 is 1.46 bits per heavy atom. The molecule has 15 heteroatoms. The molecule has 0 spiro atoms. The second-order valence-electron chi connectivity index (χ2n) is 5.74. The summed E-state index contributed by atoms with van der Waals surface area (Å²) in [5, 5.41) is -2.21. The van der Waals surface area contributed by atoms with Crippen molar-refractivity contribution in [1.29, 1.82) is 0 Å². The van der Waals surface area contributed by atoms with E-state index < -0.39 is 54.2 Å². The molecule has 0 N–H and O–H groups in total. The zero-order chi connectivity index (χ0) is 22.7. The van der Waals surface area contributed by atoms with E-state index in [2.05, 4.69) is 0 Å². The third-order valence-corrected chi connectivity index (χ3v) is 6.60. The lowest BCUT2D eigenvalue weighted by atomic mass is 9.85. The zero-order valence-corrected chi connectivity index (χ0v) is 15.2. The first-order chi connectivity index (χ1) is 12.1. The van der Waals surface area contributed by atoms with Crippen LogP contribution in [-0.2, 0) is 5.67 Å². The summed E-state index contributed by atoms with van der Waals surface area (Å²) >= 11 is 5.41. The third-order valence-electron chi connectivity index (χ3n) is 4.00. The monoisotopic (exact) mass is 474 g/mol. The molecule has 0 nitrogen and oxygen atoms in total. The average Bonchev–Trinajstić information content (AvgIpc) is 2.48. The van der Waals surface area contributed by atoms with Crippen LogP contribution in [0.3, 0.4) is 0 Å². The molecule has 0 saturated carbocycles. The molecule has 1 atom stereocenters. The van der Waals surface area contributed by atoms with Crippen LogP contribution in [0.15, 0.2) is 11.7 Å². The first-order valence-electron chi connectivity index (χ1n) is 6.81. The first kappa shape index (κ1) is 25.0. The predicted octanol–water partition coefficient (Wildman–Crippen LogP) is 6.53. The largest absolute Gasteiger partial charge is 0.460 e. The number of aryl methyl sites for hydroxylation is 1. The molecule has 162 valence electrons. The van der Waals surface area contributed by atoms with E-state index in [0.717, 1.165) is 13.0 Å². The first-order valence-corrected chi connectivity index (χ1v) is 9.40. The molecule has 1 aromatic heterocycles. The van der Waals surface area contributed by atoms with Crippen LogP contribution in [0.1, 0.15) is 16.3 Å². The normalized spacial score (nSPS) is 16.9. The van der Waals surface area contributed by atoms with Gasteiger partial charge in [-0.3, -0.25) is 0 Å². The Bertz CT molecular complexity index is 752. The van der Waals surface area contributed by atoms with Gasteiger partial charge in [0.2, 0.25) is 0 Å². The predicted molar refractivity (Wildman–Crippen MR) is 72.9 cm³/mol. The summed E-state index contributed by atoms with van der Waals surface area (Å²) in [4.78, 5) is 0. The van der Waals surface area contributed by atoms with Gasteiger partial charge in [0.15, 0.2) is 7.71 Å². The van der Waals surface area contributed by atoms with Crippen LogP contribution >= 0.6 is 11.1 Å². The molecule has 1 rings (SSSR count). The highest BCUT2D eigenvalue weighted by molar-refractivity contribution is 7.02. The van der Waals surface area contributed by atoms with Crippen LogP contribution in [0, 0.1) is 13.8 Å². The van der Waals surface area contributed by atoms with Gasteiger partial charge in [0.1, 0.15) is 0 Å². The molecule has 1 aromatic rings. The molecular weight excluding hydrogens is 467 g/mol. The highest BCUT2D eigenvalue weighted by Gasteiger charge is 2.90. The molecule has 0 aliphatic carbocycles. The molecule has 0 amide bonds. The van der Waals surface area contributed by atoms with Crippen molar-refractivity contribution in [2.24, 2.45) is 0 Å². The fourth-order valence-corrected chi connectivity index (χ4v) is 5.02. The molecule has 0 aliphatic rings. The van der Waals surface area contributed by atoms with E-state index in [1.165, 1.54) is 0 Å². The van der Waals surface area contributed by atoms with Crippen LogP contribution in [0.2, 0.25) is 0 Å². The standard InChI is InChI=1S/C13H8ClF13Si/c1-5-3-4-28(14)7(6(5)2)8(15,12(22,23)24)9(16,17)10(18,19)11(20,21)13(25,26)27/h3-4H,1-2H3. The highest BCUT2D eigenvalue weighted by atomic mass is 35.6. The topological polar surface area (TPSA) is 0 Å². The number of hydrogen-bond donors (Lipinski definition) is 0. The third kappa shape index (κ3) is 3.19. The molecule has 1 unspecified atom stereocenters. The Kier molecular flexibility index (Phi) is 6.01. The maximum atomic E-state index is 14.8. The van der Waals surface area contributed by atoms with Gasteiger partial charge in [0.05, 0.1) is 0 Å². The van der Waals surface area contributed by atoms with Crippen molar-refractivity contribution in [1.82, 2.24) is 0 Å². The summed E-state index contributed by atoms with van der Waals surface area (Å²) in [5.74, 6) is -23.1. The van der Waals surface area contributed by atoms with E-state index in [1.54, 1.807) is 0 Å². The fourth-order valence-electron chi connectivity index (χ4n) is 2.27. The van der Waals surface area contributed by atoms with Gasteiger partial charge >= 0.3 is 30.1 Å². The fraction of sp³-hybridized carbons (Fsp3) is 0.615. The van der Waals surface area contributed by atoms with Crippen molar-refractivity contribution < 1.29 is 57.1 Å². The molecule has 0 aromatic carbocycles. The van der Waals surface area contributed by atoms with E-state index in [0.29, 0.717) is 12.6 Å². The molecule has 0 bridgehead atoms. The van der Waals surface area contributed by atoms with Crippen molar-refractivity contribution in [3.63, 3.8) is 0 Å². The van der Waals surface area contributed by atoms with E-state index in [-0.39, 0.29) is 5.56 Å². The van der Waals surface area contributed by atoms with Crippen LogP contribution in [0.25, 0.3) is 0 Å². The molecule has 0 aliphatic heterocycles. The zero-order valence-electron chi connectivity index (χ0n) is 13.4. The Morgan fingerprint density at radius 2 is 1.11 bits per heavy atom. The van der Waals surface area contributed by atoms with Gasteiger partial charge in [-0.25, -0.2) is 4.39 Å². The molecule has 0 fully saturated rings. The Hall–Kier alpha value is -1.05. The van der Waals surface area contributed by atoms with E-state index in [4.69, 9.17) is 11.1 Å². The summed E-state index contributed by atoms with van der Waals surface area (Å²) in [5.41, 5.74) is -7.43. The molecule has 0 saturated heterocycles. The summed E-state index contributed by atoms with van der Waals surface area (Å²) in [6.45, 7) is 1.51. The number of alkyl halides is 13. The van der Waals surface area contributed by atoms with E-state index in [1.807, 2.05) is 0 Å². The van der Waals surface area contributed by atoms with Gasteiger partial charge in [-0.05, 0) is 25.0 Å². The number of halogens is 14. The lowest BCUT2D eigenvalue weighted by molar-refractivity contribution is -0.434. The quantitative estimate of drug-likeness (QED) is 0.264. The summed E-state index contributed by atoms with van der Waals surface area (Å²) in [6, 6.07) is 0.942. The van der Waals surface area contributed by atoms with E-state index in [9.17, 15) is 57.1 Å². The maximum absolute atomic E-state index is 14.8. The Morgan fingerprint density at radius 1 is 0.679 bits per heavy atom. The van der Waals surface area contributed by atoms with Crippen molar-refractivity contribution in [3.05, 3.63) is 28.0 Å². The maximum Gasteiger partial charge on any atom is 0.460 e. The molecular formula is C13H8ClF13Si. The minimum Gasteiger partial charge on any atom is -0.222 e. The van der Waals surface area contributed by atoms with Crippen LogP contribution < -0.4 is 0 Å².